The third-order valence-corrected chi connectivity index (χ3v) is 8.12. The maximum Gasteiger partial charge on any atom is 0.0714 e. The summed E-state index contributed by atoms with van der Waals surface area (Å²) in [6.45, 7) is 0. The van der Waals surface area contributed by atoms with Crippen LogP contribution >= 0.6 is 15.9 Å². The van der Waals surface area contributed by atoms with Crippen molar-refractivity contribution < 1.29 is 0 Å². The lowest BCUT2D eigenvalue weighted by Crippen LogP contribution is -2.28. The van der Waals surface area contributed by atoms with Crippen molar-refractivity contribution >= 4 is 26.7 Å². The first-order valence-corrected chi connectivity index (χ1v) is 13.1. The zero-order valence-electron chi connectivity index (χ0n) is 19.7. The van der Waals surface area contributed by atoms with Crippen molar-refractivity contribution in [1.29, 1.82) is 0 Å². The molecule has 6 aromatic carbocycles. The second-order valence-corrected chi connectivity index (χ2v) is 10.4. The first-order valence-electron chi connectivity index (χ1n) is 12.3. The minimum absolute atomic E-state index is 0.400. The molecular weight excluding hydrogens is 500 g/mol. The van der Waals surface area contributed by atoms with Gasteiger partial charge in [0.25, 0.3) is 0 Å². The molecule has 0 atom stereocenters. The van der Waals surface area contributed by atoms with Crippen molar-refractivity contribution in [2.75, 3.05) is 0 Å². The molecule has 0 amide bonds. The highest BCUT2D eigenvalue weighted by Gasteiger charge is 2.46. The Morgan fingerprint density at radius 3 is 1.58 bits per heavy atom. The second-order valence-electron chi connectivity index (χ2n) is 9.49. The first-order chi connectivity index (χ1) is 17.7. The van der Waals surface area contributed by atoms with Crippen LogP contribution in [0.4, 0.5) is 0 Å². The van der Waals surface area contributed by atoms with Gasteiger partial charge in [-0.05, 0) is 85.6 Å². The van der Waals surface area contributed by atoms with Crippen LogP contribution in [0.5, 0.6) is 0 Å². The molecule has 0 spiro atoms. The Morgan fingerprint density at radius 1 is 0.417 bits per heavy atom. The van der Waals surface area contributed by atoms with Crippen LogP contribution in [-0.4, -0.2) is 0 Å². The van der Waals surface area contributed by atoms with Gasteiger partial charge in [-0.1, -0.05) is 125 Å². The SMILES string of the molecule is Brc1ccc(-c2ccc3c(c2)C(c2ccccc2)(c2ccccc2)c2cc4ccccc4cc2-3)cc1. The summed E-state index contributed by atoms with van der Waals surface area (Å²) in [7, 11) is 0. The van der Waals surface area contributed by atoms with E-state index in [1.165, 1.54) is 55.3 Å². The van der Waals surface area contributed by atoms with Gasteiger partial charge in [0, 0.05) is 4.47 Å². The summed E-state index contributed by atoms with van der Waals surface area (Å²) < 4.78 is 1.09. The highest BCUT2D eigenvalue weighted by molar-refractivity contribution is 9.10. The van der Waals surface area contributed by atoms with Crippen LogP contribution in [0.2, 0.25) is 0 Å². The normalized spacial score (nSPS) is 13.4. The van der Waals surface area contributed by atoms with E-state index in [0.29, 0.717) is 0 Å². The van der Waals surface area contributed by atoms with Crippen LogP contribution in [0.1, 0.15) is 22.3 Å². The standard InChI is InChI=1S/C35H23Br/c36-30-18-15-24(16-19-30)27-17-20-31-32-21-25-9-7-8-10-26(25)22-34(32)35(33(31)23-27,28-11-3-1-4-12-28)29-13-5-2-6-14-29/h1-23H. The molecule has 0 N–H and O–H groups in total. The minimum atomic E-state index is -0.400. The first kappa shape index (κ1) is 21.4. The summed E-state index contributed by atoms with van der Waals surface area (Å²) in [5.41, 5.74) is 9.95. The van der Waals surface area contributed by atoms with E-state index >= 15 is 0 Å². The van der Waals surface area contributed by atoms with Gasteiger partial charge in [-0.25, -0.2) is 0 Å². The summed E-state index contributed by atoms with van der Waals surface area (Å²) in [5.74, 6) is 0. The minimum Gasteiger partial charge on any atom is -0.0622 e. The third kappa shape index (κ3) is 3.13. The Morgan fingerprint density at radius 2 is 0.944 bits per heavy atom. The lowest BCUT2D eigenvalue weighted by atomic mass is 9.67. The van der Waals surface area contributed by atoms with Gasteiger partial charge in [0.1, 0.15) is 0 Å². The molecule has 0 saturated heterocycles. The topological polar surface area (TPSA) is 0 Å². The Bertz CT molecular complexity index is 1680. The largest absolute Gasteiger partial charge is 0.0714 e. The van der Waals surface area contributed by atoms with Crippen LogP contribution in [0.3, 0.4) is 0 Å². The highest BCUT2D eigenvalue weighted by Crippen LogP contribution is 2.57. The maximum absolute atomic E-state index is 3.59. The maximum atomic E-state index is 3.59. The van der Waals surface area contributed by atoms with Crippen LogP contribution < -0.4 is 0 Å². The average molecular weight is 523 g/mol. The fourth-order valence-electron chi connectivity index (χ4n) is 5.99. The fourth-order valence-corrected chi connectivity index (χ4v) is 6.26. The summed E-state index contributed by atoms with van der Waals surface area (Å²) in [5, 5.41) is 2.55. The molecule has 0 radical (unpaired) electrons. The van der Waals surface area contributed by atoms with Crippen molar-refractivity contribution in [3.05, 3.63) is 166 Å². The number of hydrogen-bond donors (Lipinski definition) is 0. The molecule has 0 unspecified atom stereocenters. The van der Waals surface area contributed by atoms with E-state index in [-0.39, 0.29) is 0 Å². The van der Waals surface area contributed by atoms with Crippen molar-refractivity contribution in [1.82, 2.24) is 0 Å². The highest BCUT2D eigenvalue weighted by atomic mass is 79.9. The van der Waals surface area contributed by atoms with E-state index < -0.39 is 5.41 Å². The predicted octanol–water partition coefficient (Wildman–Crippen LogP) is 9.63. The van der Waals surface area contributed by atoms with E-state index in [9.17, 15) is 0 Å². The molecule has 1 aliphatic rings. The molecule has 1 heteroatoms. The van der Waals surface area contributed by atoms with Crippen LogP contribution in [-0.2, 0) is 5.41 Å². The number of fused-ring (bicyclic) bond motifs is 4. The Hall–Kier alpha value is -3.94. The fraction of sp³-hybridized carbons (Fsp3) is 0.0286. The van der Waals surface area contributed by atoms with Crippen LogP contribution in [0.25, 0.3) is 33.0 Å². The second kappa shape index (κ2) is 8.33. The number of hydrogen-bond acceptors (Lipinski definition) is 0. The quantitative estimate of drug-likeness (QED) is 0.216. The monoisotopic (exact) mass is 522 g/mol. The molecule has 0 nitrogen and oxygen atoms in total. The van der Waals surface area contributed by atoms with Crippen LogP contribution in [0, 0.1) is 0 Å². The van der Waals surface area contributed by atoms with E-state index in [1.807, 2.05) is 0 Å². The lowest BCUT2D eigenvalue weighted by Gasteiger charge is -2.34. The van der Waals surface area contributed by atoms with Gasteiger partial charge in [-0.3, -0.25) is 0 Å². The van der Waals surface area contributed by atoms with E-state index in [0.717, 1.165) is 4.47 Å². The molecule has 7 rings (SSSR count). The van der Waals surface area contributed by atoms with Gasteiger partial charge < -0.3 is 0 Å². The van der Waals surface area contributed by atoms with E-state index in [1.54, 1.807) is 0 Å². The molecule has 170 valence electrons. The van der Waals surface area contributed by atoms with E-state index in [4.69, 9.17) is 0 Å². The number of halogens is 1. The smallest absolute Gasteiger partial charge is 0.0622 e. The van der Waals surface area contributed by atoms with Crippen LogP contribution in [0.15, 0.2) is 144 Å². The lowest BCUT2D eigenvalue weighted by molar-refractivity contribution is 0.770. The molecule has 0 bridgehead atoms. The third-order valence-electron chi connectivity index (χ3n) is 7.59. The van der Waals surface area contributed by atoms with Gasteiger partial charge in [0.2, 0.25) is 0 Å². The number of benzene rings is 6. The van der Waals surface area contributed by atoms with Crippen molar-refractivity contribution in [3.8, 4) is 22.3 Å². The van der Waals surface area contributed by atoms with Gasteiger partial charge >= 0.3 is 0 Å². The Labute approximate surface area is 220 Å². The van der Waals surface area contributed by atoms with Gasteiger partial charge in [0.15, 0.2) is 0 Å². The predicted molar refractivity (Wildman–Crippen MR) is 154 cm³/mol. The summed E-state index contributed by atoms with van der Waals surface area (Å²) in [6, 6.07) is 51.2. The molecular formula is C35H23Br. The molecule has 36 heavy (non-hydrogen) atoms. The zero-order chi connectivity index (χ0) is 24.1. The molecule has 0 aliphatic heterocycles. The Balaban J connectivity index is 1.62. The average Bonchev–Trinajstić information content (AvgIpc) is 3.22. The van der Waals surface area contributed by atoms with Gasteiger partial charge in [-0.2, -0.15) is 0 Å². The van der Waals surface area contributed by atoms with Crippen molar-refractivity contribution in [2.24, 2.45) is 0 Å². The van der Waals surface area contributed by atoms with Crippen molar-refractivity contribution in [2.45, 2.75) is 5.41 Å². The molecule has 0 aromatic heterocycles. The molecule has 1 aliphatic carbocycles. The zero-order valence-corrected chi connectivity index (χ0v) is 21.2. The Kier molecular flexibility index (Phi) is 4.94. The molecule has 0 saturated carbocycles. The summed E-state index contributed by atoms with van der Waals surface area (Å²) in [4.78, 5) is 0. The molecule has 0 heterocycles. The number of rotatable bonds is 3. The molecule has 0 fully saturated rings. The summed E-state index contributed by atoms with van der Waals surface area (Å²) in [6.07, 6.45) is 0. The van der Waals surface area contributed by atoms with Gasteiger partial charge in [0.05, 0.1) is 5.41 Å². The van der Waals surface area contributed by atoms with Crippen molar-refractivity contribution in [3.63, 3.8) is 0 Å². The van der Waals surface area contributed by atoms with E-state index in [2.05, 4.69) is 155 Å². The van der Waals surface area contributed by atoms with Gasteiger partial charge in [-0.15, -0.1) is 0 Å². The molecule has 6 aromatic rings. The summed E-state index contributed by atoms with van der Waals surface area (Å²) >= 11 is 3.59.